The van der Waals surface area contributed by atoms with E-state index in [-0.39, 0.29) is 28.1 Å². The topological polar surface area (TPSA) is 63.9 Å². The van der Waals surface area contributed by atoms with Crippen LogP contribution in [0.25, 0.3) is 10.7 Å². The molecular formula is C15H10Cl2FN5OS. The van der Waals surface area contributed by atoms with Gasteiger partial charge in [-0.05, 0) is 29.7 Å². The van der Waals surface area contributed by atoms with Crippen molar-refractivity contribution < 1.29 is 9.18 Å². The molecule has 1 aliphatic heterocycles. The van der Waals surface area contributed by atoms with Crippen molar-refractivity contribution in [3.63, 3.8) is 0 Å². The first kappa shape index (κ1) is 16.4. The number of carbonyl (C=O) groups excluding carboxylic acids is 1. The largest absolute Gasteiger partial charge is 0.329 e. The van der Waals surface area contributed by atoms with E-state index in [1.807, 2.05) is 10.6 Å². The van der Waals surface area contributed by atoms with Crippen molar-refractivity contribution in [2.75, 3.05) is 6.54 Å². The van der Waals surface area contributed by atoms with E-state index in [9.17, 15) is 9.18 Å². The van der Waals surface area contributed by atoms with Gasteiger partial charge < -0.3 is 9.47 Å². The lowest BCUT2D eigenvalue weighted by atomic mass is 10.1. The van der Waals surface area contributed by atoms with Crippen molar-refractivity contribution in [2.24, 2.45) is 0 Å². The van der Waals surface area contributed by atoms with Gasteiger partial charge in [-0.3, -0.25) is 4.79 Å². The summed E-state index contributed by atoms with van der Waals surface area (Å²) in [6.45, 7) is 1.25. The number of nitrogens with zero attached hydrogens (tertiary/aromatic N) is 5. The van der Waals surface area contributed by atoms with Gasteiger partial charge in [-0.25, -0.2) is 8.76 Å². The molecule has 0 bridgehead atoms. The van der Waals surface area contributed by atoms with Crippen LogP contribution in [0.2, 0.25) is 10.0 Å². The lowest BCUT2D eigenvalue weighted by molar-refractivity contribution is 0.0707. The van der Waals surface area contributed by atoms with Gasteiger partial charge in [0.15, 0.2) is 17.5 Å². The molecule has 0 aliphatic carbocycles. The van der Waals surface area contributed by atoms with Gasteiger partial charge >= 0.3 is 0 Å². The number of carbonyl (C=O) groups is 1. The molecule has 0 unspecified atom stereocenters. The molecule has 0 saturated heterocycles. The fourth-order valence-electron chi connectivity index (χ4n) is 2.71. The average molecular weight is 398 g/mol. The third kappa shape index (κ3) is 2.80. The zero-order chi connectivity index (χ0) is 17.6. The Morgan fingerprint density at radius 2 is 2.04 bits per heavy atom. The molecule has 0 N–H and O–H groups in total. The summed E-state index contributed by atoms with van der Waals surface area (Å²) in [4.78, 5) is 15.2. The van der Waals surface area contributed by atoms with Crippen LogP contribution in [0, 0.1) is 5.82 Å². The molecule has 0 atom stereocenters. The van der Waals surface area contributed by atoms with Gasteiger partial charge in [-0.2, -0.15) is 0 Å². The molecule has 2 aromatic heterocycles. The quantitative estimate of drug-likeness (QED) is 0.620. The van der Waals surface area contributed by atoms with Crippen LogP contribution in [0.15, 0.2) is 24.4 Å². The van der Waals surface area contributed by atoms with Crippen molar-refractivity contribution in [1.29, 1.82) is 0 Å². The fourth-order valence-corrected chi connectivity index (χ4v) is 3.75. The standard InChI is InChI=1S/C15H10Cl2FN5OS/c16-9-2-1-8(12(17)13(9)18)15(24)22-5-6-23-11(7-22)20-21-14(23)10-3-4-19-25-10/h1-4H,5-7H2. The maximum Gasteiger partial charge on any atom is 0.255 e. The Balaban J connectivity index is 1.61. The Bertz CT molecular complexity index is 959. The minimum Gasteiger partial charge on any atom is -0.329 e. The van der Waals surface area contributed by atoms with Crippen molar-refractivity contribution >= 4 is 40.6 Å². The third-order valence-electron chi connectivity index (χ3n) is 3.96. The second-order valence-electron chi connectivity index (χ2n) is 5.42. The molecule has 1 aliphatic rings. The zero-order valence-corrected chi connectivity index (χ0v) is 14.9. The summed E-state index contributed by atoms with van der Waals surface area (Å²) in [7, 11) is 0. The van der Waals surface area contributed by atoms with Crippen molar-refractivity contribution in [3.8, 4) is 10.7 Å². The number of hydrogen-bond donors (Lipinski definition) is 0. The number of amides is 1. The van der Waals surface area contributed by atoms with Crippen molar-refractivity contribution in [3.05, 3.63) is 51.6 Å². The summed E-state index contributed by atoms with van der Waals surface area (Å²) in [5, 5.41) is 7.97. The predicted molar refractivity (Wildman–Crippen MR) is 92.3 cm³/mol. The van der Waals surface area contributed by atoms with Crippen LogP contribution < -0.4 is 0 Å². The van der Waals surface area contributed by atoms with Crippen LogP contribution in [0.4, 0.5) is 4.39 Å². The highest BCUT2D eigenvalue weighted by atomic mass is 35.5. The second-order valence-corrected chi connectivity index (χ2v) is 7.04. The van der Waals surface area contributed by atoms with Gasteiger partial charge in [0.05, 0.1) is 27.0 Å². The summed E-state index contributed by atoms with van der Waals surface area (Å²) in [6, 6.07) is 4.62. The molecule has 1 aromatic carbocycles. The van der Waals surface area contributed by atoms with E-state index >= 15 is 0 Å². The lowest BCUT2D eigenvalue weighted by Gasteiger charge is -2.28. The van der Waals surface area contributed by atoms with E-state index < -0.39 is 5.82 Å². The minimum atomic E-state index is -0.790. The highest BCUT2D eigenvalue weighted by Crippen LogP contribution is 2.29. The maximum atomic E-state index is 13.9. The summed E-state index contributed by atoms with van der Waals surface area (Å²) < 4.78 is 19.9. The molecule has 0 spiro atoms. The summed E-state index contributed by atoms with van der Waals surface area (Å²) in [6.07, 6.45) is 1.71. The first-order valence-corrected chi connectivity index (χ1v) is 8.85. The smallest absolute Gasteiger partial charge is 0.255 e. The van der Waals surface area contributed by atoms with Crippen LogP contribution >= 0.6 is 34.7 Å². The Morgan fingerprint density at radius 3 is 2.80 bits per heavy atom. The molecule has 3 aromatic rings. The van der Waals surface area contributed by atoms with Gasteiger partial charge in [-0.1, -0.05) is 23.2 Å². The Morgan fingerprint density at radius 1 is 1.20 bits per heavy atom. The molecule has 0 fully saturated rings. The Kier molecular flexibility index (Phi) is 4.18. The zero-order valence-electron chi connectivity index (χ0n) is 12.6. The Labute approximate surface area is 156 Å². The van der Waals surface area contributed by atoms with E-state index in [2.05, 4.69) is 14.6 Å². The van der Waals surface area contributed by atoms with Gasteiger partial charge in [0, 0.05) is 19.3 Å². The van der Waals surface area contributed by atoms with Crippen molar-refractivity contribution in [2.45, 2.75) is 13.1 Å². The van der Waals surface area contributed by atoms with E-state index in [0.29, 0.717) is 18.9 Å². The van der Waals surface area contributed by atoms with Crippen molar-refractivity contribution in [1.82, 2.24) is 24.0 Å². The number of rotatable bonds is 2. The van der Waals surface area contributed by atoms with E-state index in [4.69, 9.17) is 23.2 Å². The van der Waals surface area contributed by atoms with E-state index in [1.165, 1.54) is 23.7 Å². The third-order valence-corrected chi connectivity index (χ3v) is 5.37. The molecule has 0 saturated carbocycles. The fraction of sp³-hybridized carbons (Fsp3) is 0.200. The van der Waals surface area contributed by atoms with Gasteiger partial charge in [0.2, 0.25) is 0 Å². The molecular weight excluding hydrogens is 388 g/mol. The molecule has 10 heteroatoms. The second kappa shape index (κ2) is 6.36. The van der Waals surface area contributed by atoms with E-state index in [1.54, 1.807) is 11.1 Å². The van der Waals surface area contributed by atoms with E-state index in [0.717, 1.165) is 10.7 Å². The van der Waals surface area contributed by atoms with Crippen LogP contribution in [0.3, 0.4) is 0 Å². The molecule has 0 radical (unpaired) electrons. The highest BCUT2D eigenvalue weighted by Gasteiger charge is 2.28. The van der Waals surface area contributed by atoms with Crippen LogP contribution in [-0.2, 0) is 13.1 Å². The number of fused-ring (bicyclic) bond motifs is 1. The molecule has 6 nitrogen and oxygen atoms in total. The summed E-state index contributed by atoms with van der Waals surface area (Å²) in [5.41, 5.74) is 0.0826. The molecule has 4 rings (SSSR count). The molecule has 128 valence electrons. The first-order valence-electron chi connectivity index (χ1n) is 7.32. The monoisotopic (exact) mass is 397 g/mol. The van der Waals surface area contributed by atoms with Gasteiger partial charge in [-0.15, -0.1) is 10.2 Å². The number of benzene rings is 1. The molecule has 1 amide bonds. The normalized spacial score (nSPS) is 13.8. The molecule has 3 heterocycles. The van der Waals surface area contributed by atoms with Crippen LogP contribution in [-0.4, -0.2) is 36.5 Å². The lowest BCUT2D eigenvalue weighted by Crippen LogP contribution is -2.38. The van der Waals surface area contributed by atoms with Crippen LogP contribution in [0.5, 0.6) is 0 Å². The number of hydrogen-bond acceptors (Lipinski definition) is 5. The number of halogens is 3. The minimum absolute atomic E-state index is 0.0826. The Hall–Kier alpha value is -2.03. The maximum absolute atomic E-state index is 13.9. The number of aromatic nitrogens is 4. The van der Waals surface area contributed by atoms with Gasteiger partial charge in [0.25, 0.3) is 5.91 Å². The van der Waals surface area contributed by atoms with Gasteiger partial charge in [0.1, 0.15) is 0 Å². The average Bonchev–Trinajstić information content (AvgIpc) is 3.27. The van der Waals surface area contributed by atoms with Crippen LogP contribution in [0.1, 0.15) is 16.2 Å². The SMILES string of the molecule is O=C(c1ccc(Cl)c(F)c1Cl)N1CCn2c(nnc2-c2ccns2)C1. The highest BCUT2D eigenvalue weighted by molar-refractivity contribution is 7.09. The predicted octanol–water partition coefficient (Wildman–Crippen LogP) is 3.50. The first-order chi connectivity index (χ1) is 12.1. The summed E-state index contributed by atoms with van der Waals surface area (Å²) >= 11 is 13.0. The molecule has 25 heavy (non-hydrogen) atoms. The summed E-state index contributed by atoms with van der Waals surface area (Å²) in [5.74, 6) is 0.240.